The third kappa shape index (κ3) is 21.4. The predicted octanol–water partition coefficient (Wildman–Crippen LogP) is 8.83. The number of quaternary nitrogens is 1. The summed E-state index contributed by atoms with van der Waals surface area (Å²) in [6, 6.07) is 37.4. The van der Waals surface area contributed by atoms with Crippen LogP contribution in [0.2, 0.25) is 0 Å². The molecule has 0 bridgehead atoms. The summed E-state index contributed by atoms with van der Waals surface area (Å²) >= 11 is 0. The van der Waals surface area contributed by atoms with Gasteiger partial charge >= 0.3 is 35.8 Å². The Balaban J connectivity index is 0.00000162. The van der Waals surface area contributed by atoms with Crippen molar-refractivity contribution in [2.75, 3.05) is 39.5 Å². The molecule has 2 fully saturated rings. The zero-order chi connectivity index (χ0) is 62.6. The molecule has 20 nitrogen and oxygen atoms in total. The number of carbonyl (C=O) groups excluding carboxylic acids is 6. The first-order valence-corrected chi connectivity index (χ1v) is 30.6. The molecule has 2 heterocycles. The Morgan fingerprint density at radius 2 is 0.897 bits per heavy atom. The highest BCUT2D eigenvalue weighted by molar-refractivity contribution is 7.45. The fourth-order valence-electron chi connectivity index (χ4n) is 9.44. The lowest BCUT2D eigenvalue weighted by molar-refractivity contribution is -0.894. The number of hydrogen-bond donors (Lipinski definition) is 1. The molecule has 0 saturated carbocycles. The van der Waals surface area contributed by atoms with E-state index in [9.17, 15) is 38.2 Å². The van der Waals surface area contributed by atoms with Gasteiger partial charge in [-0.15, -0.1) is 6.58 Å². The van der Waals surface area contributed by atoms with E-state index in [1.54, 1.807) is 47.4 Å². The molecular formula is C65H77FNO19P. The van der Waals surface area contributed by atoms with Crippen LogP contribution in [-0.4, -0.2) is 137 Å². The van der Waals surface area contributed by atoms with Crippen molar-refractivity contribution in [3.05, 3.63) is 192 Å². The number of unbranched alkanes of at least 4 members (excludes halogenated alkanes) is 6. The van der Waals surface area contributed by atoms with Crippen LogP contribution in [0.4, 0.5) is 4.39 Å². The van der Waals surface area contributed by atoms with Gasteiger partial charge in [0.1, 0.15) is 31.6 Å². The molecule has 0 amide bonds. The number of phosphoric acid groups is 1. The molecule has 0 aromatic heterocycles. The number of esters is 6. The van der Waals surface area contributed by atoms with Gasteiger partial charge in [-0.2, -0.15) is 0 Å². The van der Waals surface area contributed by atoms with Gasteiger partial charge in [-0.25, -0.2) is 28.4 Å². The van der Waals surface area contributed by atoms with Crippen molar-refractivity contribution >= 4 is 43.6 Å². The second-order valence-electron chi connectivity index (χ2n) is 20.2. The van der Waals surface area contributed by atoms with Crippen molar-refractivity contribution in [2.24, 2.45) is 0 Å². The number of carbonyl (C=O) groups is 6. The Morgan fingerprint density at radius 1 is 0.517 bits per heavy atom. The number of ether oxygens (including phenoxy) is 9. The highest BCUT2D eigenvalue weighted by atomic mass is 31.2. The van der Waals surface area contributed by atoms with E-state index in [4.69, 9.17) is 51.7 Å². The summed E-state index contributed by atoms with van der Waals surface area (Å²) in [6.07, 6.45) is -13.0. The summed E-state index contributed by atoms with van der Waals surface area (Å²) < 4.78 is 95.2. The van der Waals surface area contributed by atoms with E-state index >= 15 is 4.39 Å². The zero-order valence-electron chi connectivity index (χ0n) is 49.3. The van der Waals surface area contributed by atoms with E-state index in [1.807, 2.05) is 6.08 Å². The van der Waals surface area contributed by atoms with E-state index in [0.717, 1.165) is 39.0 Å². The van der Waals surface area contributed by atoms with Gasteiger partial charge in [-0.1, -0.05) is 123 Å². The molecule has 87 heavy (non-hydrogen) atoms. The van der Waals surface area contributed by atoms with Crippen LogP contribution in [0.3, 0.4) is 0 Å². The molecular weight excluding hydrogens is 1150 g/mol. The second-order valence-corrected chi connectivity index (χ2v) is 21.6. The number of alkyl halides is 1. The number of hydrogen-bond acceptors (Lipinski definition) is 19. The fraction of sp³-hybridized carbons (Fsp3) is 0.415. The summed E-state index contributed by atoms with van der Waals surface area (Å²) in [5.41, 5.74) is -0.171. The summed E-state index contributed by atoms with van der Waals surface area (Å²) in [5.74, 6) is -6.27. The highest BCUT2D eigenvalue weighted by Crippen LogP contribution is 2.45. The Bertz CT molecular complexity index is 2960. The quantitative estimate of drug-likeness (QED) is 0.0148. The van der Waals surface area contributed by atoms with E-state index in [2.05, 4.69) is 27.4 Å². The molecule has 11 atom stereocenters. The Morgan fingerprint density at radius 3 is 1.30 bits per heavy atom. The first kappa shape index (κ1) is 68.7. The van der Waals surface area contributed by atoms with Crippen LogP contribution in [0, 0.1) is 0 Å². The van der Waals surface area contributed by atoms with Crippen molar-refractivity contribution in [3.63, 3.8) is 0 Å². The van der Waals surface area contributed by atoms with E-state index in [-0.39, 0.29) is 34.4 Å². The highest BCUT2D eigenvalue weighted by Gasteiger charge is 2.58. The first-order chi connectivity index (χ1) is 42.1. The van der Waals surface area contributed by atoms with Crippen molar-refractivity contribution in [3.8, 4) is 0 Å². The SMILES string of the molecule is C=CCCCCCCCCOP(=O)([O-])O[C@H]1O[C@H](COC(=O)c2ccccc2)[C@@H](O[C@@H]2O[C@H](CF)[C@H](OC(C)=O)[C@H](OC(=O)c3ccccc3)[C@H]2OC(=O)c2ccccc2)[C@H](OC(=O)c2ccccc2)[C@@H]1OC(=O)c1ccccc1.CC[NH+](CC)CC. The Labute approximate surface area is 506 Å². The minimum Gasteiger partial charge on any atom is -0.756 e. The summed E-state index contributed by atoms with van der Waals surface area (Å²) in [4.78, 5) is 98.9. The molecule has 1 unspecified atom stereocenters. The second kappa shape index (κ2) is 36.0. The average Bonchev–Trinajstić information content (AvgIpc) is 1.42. The van der Waals surface area contributed by atoms with Gasteiger partial charge in [-0.05, 0) is 101 Å². The first-order valence-electron chi connectivity index (χ1n) is 29.1. The zero-order valence-corrected chi connectivity index (χ0v) is 50.2. The molecule has 5 aromatic carbocycles. The predicted molar refractivity (Wildman–Crippen MR) is 313 cm³/mol. The van der Waals surface area contributed by atoms with E-state index in [1.165, 1.54) is 129 Å². The fourth-order valence-corrected chi connectivity index (χ4v) is 10.3. The lowest BCUT2D eigenvalue weighted by Crippen LogP contribution is -3.11. The van der Waals surface area contributed by atoms with Gasteiger partial charge in [0.25, 0.3) is 7.82 Å². The molecule has 1 N–H and O–H groups in total. The Kier molecular flexibility index (Phi) is 28.4. The molecule has 2 aliphatic heterocycles. The summed E-state index contributed by atoms with van der Waals surface area (Å²) in [6.45, 7) is 12.6. The van der Waals surface area contributed by atoms with Crippen LogP contribution in [0.5, 0.6) is 0 Å². The normalized spacial score (nSPS) is 22.2. The number of benzene rings is 5. The largest absolute Gasteiger partial charge is 0.756 e. The van der Waals surface area contributed by atoms with Gasteiger partial charge in [0, 0.05) is 6.92 Å². The van der Waals surface area contributed by atoms with Crippen molar-refractivity contribution in [1.29, 1.82) is 0 Å². The van der Waals surface area contributed by atoms with Crippen LogP contribution < -0.4 is 9.79 Å². The van der Waals surface area contributed by atoms with E-state index < -0.39 is 118 Å². The monoisotopic (exact) mass is 1230 g/mol. The molecule has 0 radical (unpaired) electrons. The van der Waals surface area contributed by atoms with Gasteiger partial charge < -0.3 is 56.9 Å². The molecule has 468 valence electrons. The Hall–Kier alpha value is -7.46. The molecule has 2 saturated heterocycles. The molecule has 0 aliphatic carbocycles. The third-order valence-electron chi connectivity index (χ3n) is 14.1. The standard InChI is InChI=1S/C59H62FO19P.C6H15N/c1-3-4-5-6-7-8-9-25-36-70-80(67,68)79-59-52(77-57(66)44-34-23-14-24-35-44)50(75-55(64)42-30-19-12-20-31-42)48(46(73-59)38-69-53(62)40-26-15-10-16-27-40)78-58-51(76-56(65)43-32-21-13-22-33-43)49(47(71-39(2)61)45(37-60)72-58)74-54(63)41-28-17-11-18-29-41;1-4-7(5-2)6-3/h3,10-24,26-35,45-52,58-59H,1,4-9,25,36-38H2,2H3,(H,67,68);4-6H2,1-3H3/t45-,46-,47+,48-,49+,50+,51-,52+,58+,59-;/m1./s1. The van der Waals surface area contributed by atoms with Crippen molar-refractivity contribution in [2.45, 2.75) is 134 Å². The molecule has 22 heteroatoms. The topological polar surface area (TPSA) is 249 Å². The average molecular weight is 1230 g/mol. The number of halogens is 1. The lowest BCUT2D eigenvalue weighted by Gasteiger charge is -2.49. The number of rotatable bonds is 30. The van der Waals surface area contributed by atoms with Gasteiger partial charge in [0.15, 0.2) is 36.8 Å². The van der Waals surface area contributed by atoms with Crippen LogP contribution in [-0.2, 0) is 61.0 Å². The van der Waals surface area contributed by atoms with Gasteiger partial charge in [0.05, 0.1) is 54.1 Å². The summed E-state index contributed by atoms with van der Waals surface area (Å²) in [7, 11) is -5.48. The van der Waals surface area contributed by atoms with Crippen LogP contribution in [0.15, 0.2) is 164 Å². The number of nitrogens with one attached hydrogen (secondary N) is 1. The van der Waals surface area contributed by atoms with Crippen LogP contribution in [0.25, 0.3) is 0 Å². The lowest BCUT2D eigenvalue weighted by atomic mass is 9.96. The van der Waals surface area contributed by atoms with Gasteiger partial charge in [-0.3, -0.25) is 13.9 Å². The van der Waals surface area contributed by atoms with Crippen LogP contribution in [0.1, 0.15) is 124 Å². The molecule has 5 aromatic rings. The summed E-state index contributed by atoms with van der Waals surface area (Å²) in [5, 5.41) is 0. The molecule has 0 spiro atoms. The van der Waals surface area contributed by atoms with E-state index in [0.29, 0.717) is 12.8 Å². The maximum atomic E-state index is 15.6. The minimum atomic E-state index is -5.48. The third-order valence-corrected chi connectivity index (χ3v) is 15.1. The van der Waals surface area contributed by atoms with Gasteiger partial charge in [0.2, 0.25) is 6.29 Å². The maximum absolute atomic E-state index is 15.6. The molecule has 2 aliphatic rings. The van der Waals surface area contributed by atoms with Crippen molar-refractivity contribution < 1.29 is 99.2 Å². The smallest absolute Gasteiger partial charge is 0.338 e. The maximum Gasteiger partial charge on any atom is 0.338 e. The molecule has 7 rings (SSSR count). The number of allylic oxidation sites excluding steroid dienone is 1. The minimum absolute atomic E-state index is 0.0273. The number of phosphoric ester groups is 1. The van der Waals surface area contributed by atoms with Crippen molar-refractivity contribution in [1.82, 2.24) is 0 Å². The van der Waals surface area contributed by atoms with Crippen LogP contribution >= 0.6 is 7.82 Å².